The molecule has 0 saturated heterocycles. The maximum atomic E-state index is 12.8. The van der Waals surface area contributed by atoms with Gasteiger partial charge in [0.05, 0.1) is 6.10 Å². The van der Waals surface area contributed by atoms with E-state index in [1.807, 2.05) is 0 Å². The van der Waals surface area contributed by atoms with Crippen LogP contribution in [-0.2, 0) is 9.53 Å². The van der Waals surface area contributed by atoms with Crippen molar-refractivity contribution in [2.45, 2.75) is 80.6 Å². The number of hydrogen-bond donors (Lipinski definition) is 0. The van der Waals surface area contributed by atoms with Crippen LogP contribution < -0.4 is 0 Å². The third-order valence-corrected chi connectivity index (χ3v) is 9.47. The zero-order valence-corrected chi connectivity index (χ0v) is 16.3. The Hall–Kier alpha value is -0.550. The topological polar surface area (TPSA) is 41.9 Å². The largest absolute Gasteiger partial charge is 0.381 e. The number of carbonyl (C=O) groups excluding carboxylic acids is 1. The van der Waals surface area contributed by atoms with Crippen molar-refractivity contribution in [2.24, 2.45) is 22.7 Å². The fourth-order valence-corrected chi connectivity index (χ4v) is 8.24. The van der Waals surface area contributed by atoms with Crippen molar-refractivity contribution in [3.05, 3.63) is 0 Å². The van der Waals surface area contributed by atoms with E-state index in [1.165, 1.54) is 38.5 Å². The highest BCUT2D eigenvalue weighted by Gasteiger charge is 2.56. The van der Waals surface area contributed by atoms with Gasteiger partial charge in [-0.1, -0.05) is 11.8 Å². The summed E-state index contributed by atoms with van der Waals surface area (Å²) in [5.74, 6) is 2.88. The smallest absolute Gasteiger partial charge is 0.264 e. The molecule has 1 heterocycles. The van der Waals surface area contributed by atoms with Gasteiger partial charge in [-0.05, 0) is 82.0 Å². The molecule has 4 nitrogen and oxygen atoms in total. The molecule has 0 aromatic heterocycles. The molecule has 138 valence electrons. The van der Waals surface area contributed by atoms with Crippen LogP contribution in [0, 0.1) is 17.8 Å². The maximum Gasteiger partial charge on any atom is 0.264 e. The first kappa shape index (κ1) is 16.6. The molecule has 0 aromatic rings. The third-order valence-electron chi connectivity index (χ3n) is 7.95. The maximum absolute atomic E-state index is 12.8. The molecule has 0 N–H and O–H groups in total. The molecule has 1 amide bonds. The molecule has 6 rings (SSSR count). The monoisotopic (exact) mass is 362 g/mol. The zero-order valence-electron chi connectivity index (χ0n) is 15.5. The van der Waals surface area contributed by atoms with E-state index in [-0.39, 0.29) is 16.2 Å². The van der Waals surface area contributed by atoms with Gasteiger partial charge >= 0.3 is 0 Å². The summed E-state index contributed by atoms with van der Waals surface area (Å²) in [7, 11) is 4.01. The van der Waals surface area contributed by atoms with Crippen molar-refractivity contribution in [1.82, 2.24) is 4.90 Å². The van der Waals surface area contributed by atoms with Crippen molar-refractivity contribution in [2.75, 3.05) is 14.2 Å². The van der Waals surface area contributed by atoms with E-state index in [2.05, 4.69) is 16.9 Å². The molecule has 5 heteroatoms. The standard InChI is InChI=1S/C20H30N2O2S/c1-22(19-10-13-7-14(11-19)9-15(8-13)12-19)18-21-17(23)20(25-18)5-3-16(24-2)4-6-20/h13-16H,3-12H2,1-2H3. The summed E-state index contributed by atoms with van der Waals surface area (Å²) in [5.41, 5.74) is 0.288. The van der Waals surface area contributed by atoms with Gasteiger partial charge in [-0.15, -0.1) is 0 Å². The van der Waals surface area contributed by atoms with Crippen LogP contribution in [0.25, 0.3) is 0 Å². The average molecular weight is 363 g/mol. The molecular formula is C20H30N2O2S. The Kier molecular flexibility index (Phi) is 3.80. The number of hydrogen-bond acceptors (Lipinski definition) is 4. The number of amidine groups is 1. The normalized spacial score (nSPS) is 48.2. The number of methoxy groups -OCH3 is 1. The van der Waals surface area contributed by atoms with E-state index in [0.717, 1.165) is 48.6 Å². The molecule has 6 aliphatic rings. The van der Waals surface area contributed by atoms with Crippen molar-refractivity contribution < 1.29 is 9.53 Å². The summed E-state index contributed by atoms with van der Waals surface area (Å²) in [4.78, 5) is 19.9. The Balaban J connectivity index is 1.34. The van der Waals surface area contributed by atoms with E-state index >= 15 is 0 Å². The lowest BCUT2D eigenvalue weighted by atomic mass is 9.52. The first-order valence-electron chi connectivity index (χ1n) is 10.1. The molecule has 1 spiro atoms. The highest BCUT2D eigenvalue weighted by atomic mass is 32.2. The summed E-state index contributed by atoms with van der Waals surface area (Å²) in [5, 5.41) is 1.02. The van der Waals surface area contributed by atoms with E-state index in [9.17, 15) is 4.79 Å². The van der Waals surface area contributed by atoms with Crippen LogP contribution in [0.5, 0.6) is 0 Å². The Morgan fingerprint density at radius 2 is 1.64 bits per heavy atom. The number of aliphatic imine (C=N–C) groups is 1. The summed E-state index contributed by atoms with van der Waals surface area (Å²) in [6.45, 7) is 0. The molecule has 0 radical (unpaired) electrons. The molecule has 5 fully saturated rings. The fourth-order valence-electron chi connectivity index (χ4n) is 6.86. The quantitative estimate of drug-likeness (QED) is 0.748. The second kappa shape index (κ2) is 5.72. The van der Waals surface area contributed by atoms with E-state index in [4.69, 9.17) is 4.74 Å². The molecule has 0 unspecified atom stereocenters. The molecule has 25 heavy (non-hydrogen) atoms. The second-order valence-electron chi connectivity index (χ2n) is 9.43. The van der Waals surface area contributed by atoms with Crippen LogP contribution in [0.4, 0.5) is 0 Å². The van der Waals surface area contributed by atoms with Crippen molar-refractivity contribution in [3.8, 4) is 0 Å². The number of thioether (sulfide) groups is 1. The van der Waals surface area contributed by atoms with E-state index in [1.54, 1.807) is 18.9 Å². The molecule has 0 aromatic carbocycles. The minimum absolute atomic E-state index is 0.124. The van der Waals surface area contributed by atoms with Gasteiger partial charge in [0.15, 0.2) is 5.17 Å². The van der Waals surface area contributed by atoms with Gasteiger partial charge in [0, 0.05) is 19.7 Å². The van der Waals surface area contributed by atoms with Crippen LogP contribution in [0.2, 0.25) is 0 Å². The van der Waals surface area contributed by atoms with Crippen LogP contribution in [0.3, 0.4) is 0 Å². The van der Waals surface area contributed by atoms with E-state index < -0.39 is 0 Å². The highest BCUT2D eigenvalue weighted by Crippen LogP contribution is 2.58. The minimum Gasteiger partial charge on any atom is -0.381 e. The van der Waals surface area contributed by atoms with Gasteiger partial charge in [0.2, 0.25) is 0 Å². The molecule has 5 saturated carbocycles. The molecule has 1 aliphatic heterocycles. The summed E-state index contributed by atoms with van der Waals surface area (Å²) < 4.78 is 5.21. The van der Waals surface area contributed by atoms with Crippen molar-refractivity contribution in [3.63, 3.8) is 0 Å². The molecular weight excluding hydrogens is 332 g/mol. The van der Waals surface area contributed by atoms with Gasteiger partial charge in [-0.3, -0.25) is 4.79 Å². The number of ether oxygens (including phenoxy) is 1. The van der Waals surface area contributed by atoms with Crippen molar-refractivity contribution >= 4 is 22.8 Å². The second-order valence-corrected chi connectivity index (χ2v) is 10.8. The minimum atomic E-state index is -0.291. The van der Waals surface area contributed by atoms with Crippen molar-refractivity contribution in [1.29, 1.82) is 0 Å². The van der Waals surface area contributed by atoms with Crippen LogP contribution in [0.1, 0.15) is 64.2 Å². The lowest BCUT2D eigenvalue weighted by molar-refractivity contribution is -0.121. The summed E-state index contributed by atoms with van der Waals surface area (Å²) in [6, 6.07) is 0. The highest BCUT2D eigenvalue weighted by molar-refractivity contribution is 8.16. The number of amides is 1. The van der Waals surface area contributed by atoms with Crippen LogP contribution >= 0.6 is 11.8 Å². The predicted molar refractivity (Wildman–Crippen MR) is 101 cm³/mol. The van der Waals surface area contributed by atoms with E-state index in [0.29, 0.717) is 6.10 Å². The average Bonchev–Trinajstić information content (AvgIpc) is 2.90. The number of carbonyl (C=O) groups is 1. The Morgan fingerprint density at radius 1 is 1.08 bits per heavy atom. The molecule has 0 atom stereocenters. The Bertz CT molecular complexity index is 574. The van der Waals surface area contributed by atoms with Gasteiger partial charge in [0.1, 0.15) is 4.75 Å². The Labute approximate surface area is 155 Å². The first-order chi connectivity index (χ1) is 12.0. The fraction of sp³-hybridized carbons (Fsp3) is 0.900. The SMILES string of the molecule is COC1CCC2(CC1)SC(N(C)C13CC4CC(CC(C4)C1)C3)=NC2=O. The number of nitrogens with zero attached hydrogens (tertiary/aromatic N) is 2. The van der Waals surface area contributed by atoms with Gasteiger partial charge in [-0.25, -0.2) is 0 Å². The van der Waals surface area contributed by atoms with Crippen LogP contribution in [0.15, 0.2) is 4.99 Å². The molecule has 5 aliphatic carbocycles. The summed E-state index contributed by atoms with van der Waals surface area (Å²) in [6.07, 6.45) is 12.4. The third kappa shape index (κ3) is 2.52. The van der Waals surface area contributed by atoms with Crippen LogP contribution in [-0.4, -0.2) is 46.5 Å². The predicted octanol–water partition coefficient (Wildman–Crippen LogP) is 3.84. The Morgan fingerprint density at radius 3 is 2.16 bits per heavy atom. The summed E-state index contributed by atoms with van der Waals surface area (Å²) >= 11 is 1.78. The number of rotatable bonds is 2. The lowest BCUT2D eigenvalue weighted by Crippen LogP contribution is -2.59. The van der Waals surface area contributed by atoms with Gasteiger partial charge in [0.25, 0.3) is 5.91 Å². The molecule has 4 bridgehead atoms. The van der Waals surface area contributed by atoms with Gasteiger partial charge in [-0.2, -0.15) is 4.99 Å². The lowest BCUT2D eigenvalue weighted by Gasteiger charge is -2.60. The zero-order chi connectivity index (χ0) is 17.2. The first-order valence-corrected chi connectivity index (χ1v) is 10.9. The van der Waals surface area contributed by atoms with Gasteiger partial charge < -0.3 is 9.64 Å².